The van der Waals surface area contributed by atoms with Gasteiger partial charge in [-0.1, -0.05) is 11.3 Å². The lowest BCUT2D eigenvalue weighted by atomic mass is 10.3. The van der Waals surface area contributed by atoms with Crippen molar-refractivity contribution in [1.82, 2.24) is 9.55 Å². The third-order valence-electron chi connectivity index (χ3n) is 3.83. The molecule has 0 aliphatic rings. The number of sulfone groups is 1. The highest BCUT2D eigenvalue weighted by atomic mass is 32.2. The number of thiazole rings is 2. The minimum absolute atomic E-state index is 0.00564. The first-order valence-electron chi connectivity index (χ1n) is 9.08. The number of rotatable bonds is 8. The molecule has 170 valence electrons. The predicted molar refractivity (Wildman–Crippen MR) is 116 cm³/mol. The molecule has 0 saturated carbocycles. The summed E-state index contributed by atoms with van der Waals surface area (Å²) in [6.07, 6.45) is 1.44. The van der Waals surface area contributed by atoms with Gasteiger partial charge in [0.15, 0.2) is 19.8 Å². The van der Waals surface area contributed by atoms with E-state index < -0.39 is 44.9 Å². The average molecular weight is 501 g/mol. The van der Waals surface area contributed by atoms with E-state index in [1.165, 1.54) is 29.0 Å². The van der Waals surface area contributed by atoms with Crippen molar-refractivity contribution in [3.8, 4) is 0 Å². The fourth-order valence-corrected chi connectivity index (χ4v) is 5.27. The molecule has 2 aromatic heterocycles. The minimum Gasteiger partial charge on any atom is -0.465 e. The molecule has 32 heavy (non-hydrogen) atoms. The molecule has 0 fully saturated rings. The highest BCUT2D eigenvalue weighted by molar-refractivity contribution is 7.92. The van der Waals surface area contributed by atoms with Gasteiger partial charge in [-0.25, -0.2) is 17.8 Å². The van der Waals surface area contributed by atoms with Crippen LogP contribution in [0.1, 0.15) is 6.92 Å². The molecule has 0 aliphatic carbocycles. The van der Waals surface area contributed by atoms with Crippen LogP contribution in [0.2, 0.25) is 0 Å². The maximum absolute atomic E-state index is 13.6. The summed E-state index contributed by atoms with van der Waals surface area (Å²) in [5.74, 6) is -4.92. The van der Waals surface area contributed by atoms with Crippen LogP contribution in [0, 0.1) is 5.82 Å². The van der Waals surface area contributed by atoms with Crippen molar-refractivity contribution in [2.24, 2.45) is 4.99 Å². The average Bonchev–Trinajstić information content (AvgIpc) is 3.28. The molecule has 1 N–H and O–H groups in total. The van der Waals surface area contributed by atoms with E-state index in [9.17, 15) is 27.2 Å². The first kappa shape index (κ1) is 23.7. The van der Waals surface area contributed by atoms with E-state index in [2.05, 4.69) is 15.3 Å². The van der Waals surface area contributed by atoms with E-state index >= 15 is 0 Å². The number of nitrogens with zero attached hydrogens (tertiary/aromatic N) is 3. The van der Waals surface area contributed by atoms with Crippen molar-refractivity contribution in [3.63, 3.8) is 0 Å². The lowest BCUT2D eigenvalue weighted by molar-refractivity contribution is -0.143. The Bertz CT molecular complexity index is 1330. The molecule has 3 rings (SSSR count). The standard InChI is InChI=1S/C18H17FN4O6S3/c1-2-29-16(26)8-23-12-4-3-11(19)7-13(12)31-18(23)22-15(25)10-32(27,28)9-14(24)21-17-20-5-6-30-17/h3-7H,2,8-10H2,1H3,(H,20,21,24). The number of hydrogen-bond donors (Lipinski definition) is 1. The second-order valence-electron chi connectivity index (χ2n) is 6.31. The number of benzene rings is 1. The lowest BCUT2D eigenvalue weighted by Crippen LogP contribution is -2.28. The maximum atomic E-state index is 13.6. The van der Waals surface area contributed by atoms with E-state index in [1.54, 1.807) is 12.3 Å². The summed E-state index contributed by atoms with van der Waals surface area (Å²) < 4.78 is 44.8. The van der Waals surface area contributed by atoms with Gasteiger partial charge in [-0.05, 0) is 25.1 Å². The number of carbonyl (C=O) groups excluding carboxylic acids is 3. The number of halogens is 1. The molecule has 1 aromatic carbocycles. The van der Waals surface area contributed by atoms with Gasteiger partial charge in [-0.3, -0.25) is 14.4 Å². The zero-order valence-corrected chi connectivity index (χ0v) is 19.1. The van der Waals surface area contributed by atoms with Crippen molar-refractivity contribution in [3.05, 3.63) is 40.4 Å². The summed E-state index contributed by atoms with van der Waals surface area (Å²) in [7, 11) is -4.12. The van der Waals surface area contributed by atoms with Crippen molar-refractivity contribution in [2.45, 2.75) is 13.5 Å². The summed E-state index contributed by atoms with van der Waals surface area (Å²) in [6.45, 7) is 1.48. The Morgan fingerprint density at radius 3 is 2.75 bits per heavy atom. The van der Waals surface area contributed by atoms with E-state index in [1.807, 2.05) is 0 Å². The van der Waals surface area contributed by atoms with E-state index in [4.69, 9.17) is 4.74 Å². The van der Waals surface area contributed by atoms with Crippen LogP contribution < -0.4 is 10.1 Å². The molecular weight excluding hydrogens is 483 g/mol. The van der Waals surface area contributed by atoms with Gasteiger partial charge in [-0.15, -0.1) is 11.3 Å². The smallest absolute Gasteiger partial charge is 0.326 e. The van der Waals surface area contributed by atoms with Crippen LogP contribution in [-0.4, -0.2) is 53.9 Å². The van der Waals surface area contributed by atoms with E-state index in [-0.39, 0.29) is 23.1 Å². The van der Waals surface area contributed by atoms with Gasteiger partial charge >= 0.3 is 5.97 Å². The summed E-state index contributed by atoms with van der Waals surface area (Å²) >= 11 is 2.03. The summed E-state index contributed by atoms with van der Waals surface area (Å²) in [6, 6.07) is 3.82. The number of amides is 2. The number of esters is 1. The lowest BCUT2D eigenvalue weighted by Gasteiger charge is -2.05. The molecule has 0 unspecified atom stereocenters. The zero-order chi connectivity index (χ0) is 23.3. The summed E-state index contributed by atoms with van der Waals surface area (Å²) in [4.78, 5) is 43.8. The van der Waals surface area contributed by atoms with E-state index in [0.717, 1.165) is 22.7 Å². The molecule has 0 atom stereocenters. The van der Waals surface area contributed by atoms with Gasteiger partial charge in [0.2, 0.25) is 5.91 Å². The molecule has 0 bridgehead atoms. The largest absolute Gasteiger partial charge is 0.465 e. The number of fused-ring (bicyclic) bond motifs is 1. The molecule has 0 spiro atoms. The topological polar surface area (TPSA) is 137 Å². The second-order valence-corrected chi connectivity index (χ2v) is 10.3. The quantitative estimate of drug-likeness (QED) is 0.461. The number of aromatic nitrogens is 2. The van der Waals surface area contributed by atoms with Crippen LogP contribution in [-0.2, 0) is 35.5 Å². The fourth-order valence-electron chi connectivity index (χ4n) is 2.64. The van der Waals surface area contributed by atoms with Crippen molar-refractivity contribution in [2.75, 3.05) is 23.4 Å². The summed E-state index contributed by atoms with van der Waals surface area (Å²) in [5, 5.41) is 4.17. The molecule has 14 heteroatoms. The molecule has 0 aliphatic heterocycles. The predicted octanol–water partition coefficient (Wildman–Crippen LogP) is 1.34. The first-order valence-corrected chi connectivity index (χ1v) is 12.6. The fraction of sp³-hybridized carbons (Fsp3) is 0.278. The number of hydrogen-bond acceptors (Lipinski definition) is 9. The third-order valence-corrected chi connectivity index (χ3v) is 6.95. The monoisotopic (exact) mass is 500 g/mol. The van der Waals surface area contributed by atoms with Crippen molar-refractivity contribution < 1.29 is 31.9 Å². The molecule has 2 heterocycles. The van der Waals surface area contributed by atoms with Gasteiger partial charge in [0.05, 0.1) is 16.8 Å². The van der Waals surface area contributed by atoms with Gasteiger partial charge in [0, 0.05) is 11.6 Å². The molecular formula is C18H17FN4O6S3. The van der Waals surface area contributed by atoms with Crippen LogP contribution in [0.15, 0.2) is 34.8 Å². The van der Waals surface area contributed by atoms with Crippen molar-refractivity contribution >= 4 is 65.6 Å². The first-order chi connectivity index (χ1) is 15.2. The number of nitrogens with one attached hydrogen (secondary N) is 1. The maximum Gasteiger partial charge on any atom is 0.326 e. The highest BCUT2D eigenvalue weighted by Gasteiger charge is 2.22. The van der Waals surface area contributed by atoms with Crippen LogP contribution in [0.5, 0.6) is 0 Å². The van der Waals surface area contributed by atoms with Gasteiger partial charge in [-0.2, -0.15) is 4.99 Å². The molecule has 10 nitrogen and oxygen atoms in total. The normalized spacial score (nSPS) is 12.1. The number of carbonyl (C=O) groups is 3. The third kappa shape index (κ3) is 6.27. The van der Waals surface area contributed by atoms with Gasteiger partial charge in [0.25, 0.3) is 5.91 Å². The molecule has 0 radical (unpaired) electrons. The summed E-state index contributed by atoms with van der Waals surface area (Å²) in [5.41, 5.74) is 0.432. The Hall–Kier alpha value is -2.97. The number of ether oxygens (including phenoxy) is 1. The Balaban J connectivity index is 1.82. The molecule has 2 amide bonds. The van der Waals surface area contributed by atoms with Gasteiger partial charge < -0.3 is 14.6 Å². The highest BCUT2D eigenvalue weighted by Crippen LogP contribution is 2.19. The minimum atomic E-state index is -4.12. The Morgan fingerprint density at radius 2 is 2.06 bits per heavy atom. The van der Waals surface area contributed by atoms with Crippen LogP contribution in [0.4, 0.5) is 9.52 Å². The molecule has 3 aromatic rings. The second kappa shape index (κ2) is 10.1. The molecule has 0 saturated heterocycles. The zero-order valence-electron chi connectivity index (χ0n) is 16.6. The van der Waals surface area contributed by atoms with Gasteiger partial charge in [0.1, 0.15) is 23.9 Å². The van der Waals surface area contributed by atoms with Crippen LogP contribution in [0.3, 0.4) is 0 Å². The van der Waals surface area contributed by atoms with Crippen molar-refractivity contribution in [1.29, 1.82) is 0 Å². The van der Waals surface area contributed by atoms with E-state index in [0.29, 0.717) is 10.2 Å². The van der Waals surface area contributed by atoms with Crippen LogP contribution in [0.25, 0.3) is 10.2 Å². The van der Waals surface area contributed by atoms with Crippen LogP contribution >= 0.6 is 22.7 Å². The number of anilines is 1. The Labute approximate surface area is 189 Å². The Morgan fingerprint density at radius 1 is 1.28 bits per heavy atom. The SMILES string of the molecule is CCOC(=O)Cn1c(=NC(=O)CS(=O)(=O)CC(=O)Nc2nccs2)sc2cc(F)ccc21. The Kier molecular flexibility index (Phi) is 7.48.